The molecule has 2 aromatic carbocycles. The van der Waals surface area contributed by atoms with Gasteiger partial charge in [-0.2, -0.15) is 0 Å². The quantitative estimate of drug-likeness (QED) is 0.280. The van der Waals surface area contributed by atoms with Crippen molar-refractivity contribution in [3.8, 4) is 28.7 Å². The summed E-state index contributed by atoms with van der Waals surface area (Å²) in [5, 5.41) is 0. The average Bonchev–Trinajstić information content (AvgIpc) is 2.70. The molecule has 0 spiro atoms. The van der Waals surface area contributed by atoms with Crippen LogP contribution < -0.4 is 23.7 Å². The molecule has 0 heterocycles. The first-order valence-electron chi connectivity index (χ1n) is 14.6. The third kappa shape index (κ3) is 12.7. The van der Waals surface area contributed by atoms with Crippen molar-refractivity contribution < 1.29 is 28.5 Å². The zero-order valence-corrected chi connectivity index (χ0v) is 28.3. The van der Waals surface area contributed by atoms with Crippen molar-refractivity contribution in [2.75, 3.05) is 0 Å². The monoisotopic (exact) mass is 570 g/mol. The molecule has 0 atom stereocenters. The Bertz CT molecular complexity index is 1190. The van der Waals surface area contributed by atoms with E-state index >= 15 is 0 Å². The van der Waals surface area contributed by atoms with Crippen molar-refractivity contribution in [2.45, 2.75) is 145 Å². The van der Waals surface area contributed by atoms with E-state index < -0.39 is 22.4 Å². The van der Waals surface area contributed by atoms with Crippen molar-refractivity contribution in [3.05, 3.63) is 41.5 Å². The van der Waals surface area contributed by atoms with Crippen molar-refractivity contribution in [3.63, 3.8) is 0 Å². The number of ketones is 1. The molecule has 0 fully saturated rings. The number of carbonyl (C=O) groups is 1. The van der Waals surface area contributed by atoms with Crippen LogP contribution >= 0.6 is 0 Å². The van der Waals surface area contributed by atoms with Crippen molar-refractivity contribution in [1.82, 2.24) is 0 Å². The fourth-order valence-electron chi connectivity index (χ4n) is 3.99. The fourth-order valence-corrected chi connectivity index (χ4v) is 3.99. The molecule has 6 nitrogen and oxygen atoms in total. The van der Waals surface area contributed by atoms with Gasteiger partial charge in [0.05, 0.1) is 5.56 Å². The van der Waals surface area contributed by atoms with E-state index in [2.05, 4.69) is 0 Å². The van der Waals surface area contributed by atoms with Crippen LogP contribution in [-0.2, 0) is 6.42 Å². The first-order chi connectivity index (χ1) is 18.3. The van der Waals surface area contributed by atoms with Gasteiger partial charge >= 0.3 is 0 Å². The van der Waals surface area contributed by atoms with E-state index in [4.69, 9.17) is 23.7 Å². The lowest BCUT2D eigenvalue weighted by Crippen LogP contribution is -2.28. The fraction of sp³-hybridized carbons (Fsp3) is 0.629. The third-order valence-electron chi connectivity index (χ3n) is 5.07. The Morgan fingerprint density at radius 1 is 0.537 bits per heavy atom. The average molecular weight is 571 g/mol. The Hall–Kier alpha value is -2.89. The highest BCUT2D eigenvalue weighted by atomic mass is 16.5. The SMILES string of the molecule is CC(C)(C)Oc1ccc(OC(C)(C)C)c(CCC(=O)c2cc(OC(C)(C)C)cc(OC(C)(C)C)c2OC(C)(C)C)c1. The maximum Gasteiger partial charge on any atom is 0.173 e. The van der Waals surface area contributed by atoms with Gasteiger partial charge in [0, 0.05) is 12.5 Å². The van der Waals surface area contributed by atoms with Crippen LogP contribution in [-0.4, -0.2) is 33.8 Å². The van der Waals surface area contributed by atoms with Crippen molar-refractivity contribution >= 4 is 5.78 Å². The summed E-state index contributed by atoms with van der Waals surface area (Å²) < 4.78 is 31.3. The van der Waals surface area contributed by atoms with Crippen LogP contribution in [0.2, 0.25) is 0 Å². The topological polar surface area (TPSA) is 63.2 Å². The minimum atomic E-state index is -0.552. The van der Waals surface area contributed by atoms with E-state index in [1.165, 1.54) is 0 Å². The summed E-state index contributed by atoms with van der Waals surface area (Å²) in [7, 11) is 0. The number of hydrogen-bond donors (Lipinski definition) is 0. The lowest BCUT2D eigenvalue weighted by Gasteiger charge is -2.30. The van der Waals surface area contributed by atoms with Crippen LogP contribution in [0.5, 0.6) is 28.7 Å². The first kappa shape index (κ1) is 34.3. The highest BCUT2D eigenvalue weighted by molar-refractivity contribution is 6.00. The van der Waals surface area contributed by atoms with E-state index in [9.17, 15) is 4.79 Å². The van der Waals surface area contributed by atoms with E-state index in [0.29, 0.717) is 29.2 Å². The number of hydrogen-bond acceptors (Lipinski definition) is 6. The minimum Gasteiger partial charge on any atom is -0.488 e. The summed E-state index contributed by atoms with van der Waals surface area (Å²) in [5.41, 5.74) is -0.930. The van der Waals surface area contributed by atoms with Crippen LogP contribution in [0.1, 0.15) is 126 Å². The molecular formula is C35H54O6. The van der Waals surface area contributed by atoms with Gasteiger partial charge in [0.15, 0.2) is 17.3 Å². The van der Waals surface area contributed by atoms with Gasteiger partial charge in [0.25, 0.3) is 0 Å². The number of rotatable bonds is 9. The summed E-state index contributed by atoms with van der Waals surface area (Å²) in [5.74, 6) is 2.85. The molecule has 0 aliphatic carbocycles. The Labute approximate surface area is 249 Å². The Morgan fingerprint density at radius 3 is 1.49 bits per heavy atom. The van der Waals surface area contributed by atoms with E-state index in [-0.39, 0.29) is 17.8 Å². The molecule has 0 aliphatic rings. The van der Waals surface area contributed by atoms with E-state index in [1.54, 1.807) is 6.07 Å². The molecule has 0 radical (unpaired) electrons. The highest BCUT2D eigenvalue weighted by Gasteiger charge is 2.28. The number of benzene rings is 2. The van der Waals surface area contributed by atoms with Crippen LogP contribution in [0.3, 0.4) is 0 Å². The maximum atomic E-state index is 14.0. The molecule has 0 unspecified atom stereocenters. The van der Waals surface area contributed by atoms with Crippen molar-refractivity contribution in [2.24, 2.45) is 0 Å². The molecule has 0 saturated heterocycles. The second-order valence-electron chi connectivity index (χ2n) is 15.6. The predicted molar refractivity (Wildman–Crippen MR) is 167 cm³/mol. The largest absolute Gasteiger partial charge is 0.488 e. The molecule has 41 heavy (non-hydrogen) atoms. The van der Waals surface area contributed by atoms with Gasteiger partial charge in [0.2, 0.25) is 0 Å². The first-order valence-corrected chi connectivity index (χ1v) is 14.6. The summed E-state index contributed by atoms with van der Waals surface area (Å²) >= 11 is 0. The second kappa shape index (κ2) is 12.1. The van der Waals surface area contributed by atoms with Crippen LogP contribution in [0.4, 0.5) is 0 Å². The number of aryl methyl sites for hydroxylation is 1. The lowest BCUT2D eigenvalue weighted by molar-refractivity contribution is 0.0863. The van der Waals surface area contributed by atoms with Crippen LogP contribution in [0, 0.1) is 0 Å². The smallest absolute Gasteiger partial charge is 0.173 e. The molecule has 230 valence electrons. The molecule has 0 amide bonds. The van der Waals surface area contributed by atoms with Crippen molar-refractivity contribution in [1.29, 1.82) is 0 Å². The summed E-state index contributed by atoms with van der Waals surface area (Å²) in [6.07, 6.45) is 0.689. The third-order valence-corrected chi connectivity index (χ3v) is 5.07. The highest BCUT2D eigenvalue weighted by Crippen LogP contribution is 2.41. The number of carbonyl (C=O) groups excluding carboxylic acids is 1. The Kier molecular flexibility index (Phi) is 10.2. The molecule has 0 aromatic heterocycles. The molecule has 0 aliphatic heterocycles. The Morgan fingerprint density at radius 2 is 1.00 bits per heavy atom. The van der Waals surface area contributed by atoms with Gasteiger partial charge in [0.1, 0.15) is 45.3 Å². The number of Topliss-reactive ketones (excluding diaryl/α,β-unsaturated/α-hetero) is 1. The van der Waals surface area contributed by atoms with Crippen LogP contribution in [0.15, 0.2) is 30.3 Å². The van der Waals surface area contributed by atoms with Gasteiger partial charge in [-0.05, 0) is 140 Å². The Balaban J connectivity index is 2.58. The van der Waals surface area contributed by atoms with Gasteiger partial charge in [-0.15, -0.1) is 0 Å². The van der Waals surface area contributed by atoms with Gasteiger partial charge < -0.3 is 23.7 Å². The van der Waals surface area contributed by atoms with E-state index in [0.717, 1.165) is 17.1 Å². The maximum absolute atomic E-state index is 14.0. The van der Waals surface area contributed by atoms with Gasteiger partial charge in [-0.25, -0.2) is 0 Å². The van der Waals surface area contributed by atoms with E-state index in [1.807, 2.05) is 128 Å². The summed E-state index contributed by atoms with van der Waals surface area (Å²) in [6, 6.07) is 9.40. The molecule has 0 bridgehead atoms. The lowest BCUT2D eigenvalue weighted by atomic mass is 9.99. The second-order valence-corrected chi connectivity index (χ2v) is 15.6. The molecule has 6 heteroatoms. The van der Waals surface area contributed by atoms with Crippen LogP contribution in [0.25, 0.3) is 0 Å². The summed E-state index contributed by atoms with van der Waals surface area (Å²) in [6.45, 7) is 29.8. The zero-order chi connectivity index (χ0) is 31.6. The minimum absolute atomic E-state index is 0.0776. The standard InChI is InChI=1S/C35H54O6/c1-31(2,3)37-24-17-19-28(39-33(7,8)9)23(20-24)16-18-27(36)26-21-25(38-32(4,5)6)22-29(40-34(10,11)12)30(26)41-35(13,14)15/h17,19-22H,16,18H2,1-15H3. The van der Waals surface area contributed by atoms with Gasteiger partial charge in [-0.3, -0.25) is 4.79 Å². The van der Waals surface area contributed by atoms with Gasteiger partial charge in [-0.1, -0.05) is 0 Å². The molecule has 0 saturated carbocycles. The number of ether oxygens (including phenoxy) is 5. The molecule has 0 N–H and O–H groups in total. The normalized spacial score (nSPS) is 13.0. The molecule has 2 rings (SSSR count). The predicted octanol–water partition coefficient (Wildman–Crippen LogP) is 9.39. The molecule has 2 aromatic rings. The molecular weight excluding hydrogens is 516 g/mol. The zero-order valence-electron chi connectivity index (χ0n) is 28.3. The summed E-state index contributed by atoms with van der Waals surface area (Å²) in [4.78, 5) is 14.0.